The van der Waals surface area contributed by atoms with Crippen LogP contribution in [-0.4, -0.2) is 23.5 Å². The number of likely N-dealkylation sites (tertiary alicyclic amines) is 1. The van der Waals surface area contributed by atoms with Gasteiger partial charge in [-0.3, -0.25) is 4.90 Å². The Labute approximate surface area is 95.2 Å². The Kier molecular flexibility index (Phi) is 5.79. The van der Waals surface area contributed by atoms with Crippen molar-refractivity contribution in [2.45, 2.75) is 70.9 Å². The van der Waals surface area contributed by atoms with Gasteiger partial charge in [0.15, 0.2) is 0 Å². The number of nitrogens with zero attached hydrogens (tertiary/aromatic N) is 1. The lowest BCUT2D eigenvalue weighted by Gasteiger charge is -2.37. The molecule has 0 saturated carbocycles. The van der Waals surface area contributed by atoms with Gasteiger partial charge in [-0.05, 0) is 32.7 Å². The van der Waals surface area contributed by atoms with Crippen LogP contribution < -0.4 is 0 Å². The summed E-state index contributed by atoms with van der Waals surface area (Å²) >= 11 is 0. The number of terminal acetylenes is 1. The molecule has 1 aliphatic rings. The molecule has 2 atom stereocenters. The van der Waals surface area contributed by atoms with Gasteiger partial charge in [0, 0.05) is 6.04 Å². The summed E-state index contributed by atoms with van der Waals surface area (Å²) < 4.78 is 0. The third kappa shape index (κ3) is 3.87. The molecular formula is C14H25N. The average Bonchev–Trinajstić information content (AvgIpc) is 2.26. The topological polar surface area (TPSA) is 3.24 Å². The summed E-state index contributed by atoms with van der Waals surface area (Å²) in [6, 6.07) is 1.09. The smallest absolute Gasteiger partial charge is 0.0714 e. The minimum atomic E-state index is 0.395. The molecule has 1 heterocycles. The van der Waals surface area contributed by atoms with Crippen LogP contribution in [0.3, 0.4) is 0 Å². The van der Waals surface area contributed by atoms with E-state index in [1.54, 1.807) is 0 Å². The summed E-state index contributed by atoms with van der Waals surface area (Å²) in [4.78, 5) is 2.54. The summed E-state index contributed by atoms with van der Waals surface area (Å²) in [5.74, 6) is 2.99. The van der Waals surface area contributed by atoms with Gasteiger partial charge in [-0.15, -0.1) is 6.42 Å². The van der Waals surface area contributed by atoms with Crippen molar-refractivity contribution in [3.63, 3.8) is 0 Å². The largest absolute Gasteiger partial charge is 0.287 e. The van der Waals surface area contributed by atoms with Crippen LogP contribution in [0.25, 0.3) is 0 Å². The highest BCUT2D eigenvalue weighted by molar-refractivity contribution is 5.01. The highest BCUT2D eigenvalue weighted by atomic mass is 15.2. The Hall–Kier alpha value is -0.480. The maximum Gasteiger partial charge on any atom is 0.0714 e. The second kappa shape index (κ2) is 6.90. The molecule has 1 nitrogen and oxygen atoms in total. The van der Waals surface area contributed by atoms with Crippen LogP contribution in [0.1, 0.15) is 58.8 Å². The van der Waals surface area contributed by atoms with E-state index in [-0.39, 0.29) is 0 Å². The first kappa shape index (κ1) is 12.6. The molecule has 1 heteroatoms. The Morgan fingerprint density at radius 2 is 2.20 bits per heavy atom. The van der Waals surface area contributed by atoms with E-state index < -0.39 is 0 Å². The van der Waals surface area contributed by atoms with Crippen LogP contribution in [0.15, 0.2) is 0 Å². The van der Waals surface area contributed by atoms with Crippen LogP contribution >= 0.6 is 0 Å². The number of hydrogen-bond donors (Lipinski definition) is 0. The molecule has 0 N–H and O–H groups in total. The van der Waals surface area contributed by atoms with Gasteiger partial charge in [-0.2, -0.15) is 0 Å². The van der Waals surface area contributed by atoms with E-state index >= 15 is 0 Å². The maximum atomic E-state index is 5.66. The molecule has 15 heavy (non-hydrogen) atoms. The maximum absolute atomic E-state index is 5.66. The molecule has 1 saturated heterocycles. The predicted molar refractivity (Wildman–Crippen MR) is 66.8 cm³/mol. The Morgan fingerprint density at radius 1 is 1.40 bits per heavy atom. The second-order valence-electron chi connectivity index (χ2n) is 4.76. The molecule has 1 aliphatic heterocycles. The molecule has 0 aromatic rings. The van der Waals surface area contributed by atoms with Gasteiger partial charge >= 0.3 is 0 Å². The molecule has 0 radical (unpaired) electrons. The van der Waals surface area contributed by atoms with Gasteiger partial charge in [0.2, 0.25) is 0 Å². The summed E-state index contributed by atoms with van der Waals surface area (Å²) in [7, 11) is 0. The van der Waals surface area contributed by atoms with Crippen molar-refractivity contribution < 1.29 is 0 Å². The number of unbranched alkanes of at least 4 members (excludes halogenated alkanes) is 2. The second-order valence-corrected chi connectivity index (χ2v) is 4.76. The molecule has 86 valence electrons. The van der Waals surface area contributed by atoms with Gasteiger partial charge in [-0.25, -0.2) is 0 Å². The van der Waals surface area contributed by atoms with E-state index in [4.69, 9.17) is 6.42 Å². The first-order valence-electron chi connectivity index (χ1n) is 6.51. The van der Waals surface area contributed by atoms with Crippen LogP contribution in [-0.2, 0) is 0 Å². The third-order valence-corrected chi connectivity index (χ3v) is 3.53. The van der Waals surface area contributed by atoms with Crippen LogP contribution in [0.5, 0.6) is 0 Å². The molecule has 1 fully saturated rings. The SMILES string of the molecule is C#CC(CCCCC)N1CCCCC1C. The van der Waals surface area contributed by atoms with Crippen molar-refractivity contribution in [3.8, 4) is 12.3 Å². The molecule has 0 aromatic heterocycles. The van der Waals surface area contributed by atoms with E-state index in [1.807, 2.05) is 0 Å². The fourth-order valence-corrected chi connectivity index (χ4v) is 2.52. The molecule has 0 amide bonds. The Bertz CT molecular complexity index is 204. The molecule has 0 aromatic carbocycles. The standard InChI is InChI=1S/C14H25N/c1-4-6-7-11-14(5-2)15-12-9-8-10-13(15)3/h2,13-14H,4,6-12H2,1,3H3. The molecule has 2 unspecified atom stereocenters. The summed E-state index contributed by atoms with van der Waals surface area (Å²) in [6.45, 7) is 5.78. The first-order chi connectivity index (χ1) is 7.29. The zero-order valence-electron chi connectivity index (χ0n) is 10.3. The van der Waals surface area contributed by atoms with Gasteiger partial charge in [0.1, 0.15) is 0 Å². The minimum Gasteiger partial charge on any atom is -0.287 e. The number of hydrogen-bond acceptors (Lipinski definition) is 1. The highest BCUT2D eigenvalue weighted by Crippen LogP contribution is 2.21. The molecule has 0 spiro atoms. The molecular weight excluding hydrogens is 182 g/mol. The fraction of sp³-hybridized carbons (Fsp3) is 0.857. The summed E-state index contributed by atoms with van der Waals surface area (Å²) in [6.07, 6.45) is 14.8. The van der Waals surface area contributed by atoms with Crippen molar-refractivity contribution in [1.82, 2.24) is 4.90 Å². The number of piperidine rings is 1. The van der Waals surface area contributed by atoms with Crippen molar-refractivity contribution in [3.05, 3.63) is 0 Å². The zero-order valence-corrected chi connectivity index (χ0v) is 10.3. The lowest BCUT2D eigenvalue weighted by Crippen LogP contribution is -2.44. The highest BCUT2D eigenvalue weighted by Gasteiger charge is 2.23. The third-order valence-electron chi connectivity index (χ3n) is 3.53. The van der Waals surface area contributed by atoms with Crippen LogP contribution in [0, 0.1) is 12.3 Å². The van der Waals surface area contributed by atoms with Gasteiger partial charge in [0.05, 0.1) is 6.04 Å². The van der Waals surface area contributed by atoms with Crippen molar-refractivity contribution in [1.29, 1.82) is 0 Å². The minimum absolute atomic E-state index is 0.395. The van der Waals surface area contributed by atoms with E-state index in [9.17, 15) is 0 Å². The van der Waals surface area contributed by atoms with Crippen molar-refractivity contribution in [2.24, 2.45) is 0 Å². The normalized spacial score (nSPS) is 24.7. The van der Waals surface area contributed by atoms with E-state index in [0.717, 1.165) is 0 Å². The van der Waals surface area contributed by atoms with E-state index in [1.165, 1.54) is 51.5 Å². The monoisotopic (exact) mass is 207 g/mol. The summed E-state index contributed by atoms with van der Waals surface area (Å²) in [5.41, 5.74) is 0. The van der Waals surface area contributed by atoms with Crippen molar-refractivity contribution >= 4 is 0 Å². The predicted octanol–water partition coefficient (Wildman–Crippen LogP) is 3.44. The molecule has 0 bridgehead atoms. The lowest BCUT2D eigenvalue weighted by atomic mass is 9.98. The van der Waals surface area contributed by atoms with Crippen molar-refractivity contribution in [2.75, 3.05) is 6.54 Å². The Balaban J connectivity index is 2.39. The molecule has 1 rings (SSSR count). The van der Waals surface area contributed by atoms with Gasteiger partial charge in [-0.1, -0.05) is 38.5 Å². The van der Waals surface area contributed by atoms with Gasteiger partial charge < -0.3 is 0 Å². The zero-order chi connectivity index (χ0) is 11.1. The van der Waals surface area contributed by atoms with Crippen LogP contribution in [0.4, 0.5) is 0 Å². The van der Waals surface area contributed by atoms with E-state index in [2.05, 4.69) is 24.7 Å². The summed E-state index contributed by atoms with van der Waals surface area (Å²) in [5, 5.41) is 0. The number of rotatable bonds is 5. The fourth-order valence-electron chi connectivity index (χ4n) is 2.52. The van der Waals surface area contributed by atoms with Crippen LogP contribution in [0.2, 0.25) is 0 Å². The lowest BCUT2D eigenvalue weighted by molar-refractivity contribution is 0.126. The first-order valence-corrected chi connectivity index (χ1v) is 6.51. The average molecular weight is 207 g/mol. The molecule has 0 aliphatic carbocycles. The van der Waals surface area contributed by atoms with Gasteiger partial charge in [0.25, 0.3) is 0 Å². The van der Waals surface area contributed by atoms with E-state index in [0.29, 0.717) is 12.1 Å². The quantitative estimate of drug-likeness (QED) is 0.493. The Morgan fingerprint density at radius 3 is 2.80 bits per heavy atom.